The van der Waals surface area contributed by atoms with Crippen LogP contribution in [0.15, 0.2) is 69.8 Å². The van der Waals surface area contributed by atoms with E-state index in [2.05, 4.69) is 37.5 Å². The van der Waals surface area contributed by atoms with Gasteiger partial charge in [-0.25, -0.2) is 0 Å². The topological polar surface area (TPSA) is 0 Å². The first kappa shape index (κ1) is 12.4. The Morgan fingerprint density at radius 3 is 1.82 bits per heavy atom. The first-order chi connectivity index (χ1) is 8.35. The summed E-state index contributed by atoms with van der Waals surface area (Å²) in [6, 6.07) is 0. The molecule has 1 heteroatoms. The molecule has 0 unspecified atom stereocenters. The fourth-order valence-corrected chi connectivity index (χ4v) is 3.44. The molecule has 0 bridgehead atoms. The predicted molar refractivity (Wildman–Crippen MR) is 71.2 cm³/mol. The van der Waals surface area contributed by atoms with Gasteiger partial charge in [0.05, 0.1) is 0 Å². The van der Waals surface area contributed by atoms with Crippen molar-refractivity contribution in [2.75, 3.05) is 0 Å². The van der Waals surface area contributed by atoms with Gasteiger partial charge >= 0.3 is 110 Å². The number of hydrogen-bond donors (Lipinski definition) is 0. The normalized spacial score (nSPS) is 18.6. The molecule has 0 aromatic heterocycles. The SMILES string of the molecule is C=CCC1=[C]([Ni][C]2=C(CC=C)C=CC2)CC=C1. The summed E-state index contributed by atoms with van der Waals surface area (Å²) >= 11 is 1.75. The minimum atomic E-state index is 0.988. The Hall–Kier alpha value is -1.07. The van der Waals surface area contributed by atoms with Gasteiger partial charge in [0.25, 0.3) is 0 Å². The van der Waals surface area contributed by atoms with E-state index in [1.807, 2.05) is 12.2 Å². The van der Waals surface area contributed by atoms with E-state index in [0.29, 0.717) is 0 Å². The van der Waals surface area contributed by atoms with E-state index in [1.54, 1.807) is 14.4 Å². The van der Waals surface area contributed by atoms with E-state index < -0.39 is 0 Å². The van der Waals surface area contributed by atoms with Crippen LogP contribution in [0, 0.1) is 0 Å². The van der Waals surface area contributed by atoms with Gasteiger partial charge in [0.1, 0.15) is 0 Å². The van der Waals surface area contributed by atoms with E-state index in [0.717, 1.165) is 25.7 Å². The molecule has 0 saturated carbocycles. The Balaban J connectivity index is 2.11. The fraction of sp³-hybridized carbons (Fsp3) is 0.250. The van der Waals surface area contributed by atoms with Crippen molar-refractivity contribution in [3.8, 4) is 0 Å². The van der Waals surface area contributed by atoms with Crippen LogP contribution in [0.1, 0.15) is 25.7 Å². The molecular formula is C16H18Ni. The third kappa shape index (κ3) is 2.98. The first-order valence-corrected chi connectivity index (χ1v) is 6.91. The first-order valence-electron chi connectivity index (χ1n) is 5.92. The average Bonchev–Trinajstić information content (AvgIpc) is 2.92. The van der Waals surface area contributed by atoms with Crippen molar-refractivity contribution < 1.29 is 14.4 Å². The van der Waals surface area contributed by atoms with Gasteiger partial charge < -0.3 is 0 Å². The number of hydrogen-bond acceptors (Lipinski definition) is 0. The van der Waals surface area contributed by atoms with Crippen molar-refractivity contribution in [3.63, 3.8) is 0 Å². The zero-order valence-corrected chi connectivity index (χ0v) is 11.0. The van der Waals surface area contributed by atoms with Crippen LogP contribution in [0.2, 0.25) is 0 Å². The van der Waals surface area contributed by atoms with Crippen LogP contribution in [-0.2, 0) is 14.4 Å². The summed E-state index contributed by atoms with van der Waals surface area (Å²) < 4.78 is 3.02. The Bertz CT molecular complexity index is 402. The summed E-state index contributed by atoms with van der Waals surface area (Å²) in [7, 11) is 0. The minimum absolute atomic E-state index is 0.988. The average molecular weight is 269 g/mol. The molecule has 2 rings (SSSR count). The molecule has 0 aromatic carbocycles. The molecule has 0 atom stereocenters. The van der Waals surface area contributed by atoms with Crippen LogP contribution < -0.4 is 0 Å². The monoisotopic (exact) mass is 268 g/mol. The maximum atomic E-state index is 3.82. The molecule has 0 fully saturated rings. The number of rotatable bonds is 6. The molecule has 2 aliphatic carbocycles. The molecule has 0 aromatic rings. The summed E-state index contributed by atoms with van der Waals surface area (Å²) in [6.45, 7) is 7.64. The third-order valence-electron chi connectivity index (χ3n) is 2.78. The van der Waals surface area contributed by atoms with E-state index in [9.17, 15) is 0 Å². The number of allylic oxidation sites excluding steroid dienone is 10. The molecule has 92 valence electrons. The molecule has 0 saturated heterocycles. The molecule has 2 aliphatic rings. The van der Waals surface area contributed by atoms with Crippen molar-refractivity contribution in [3.05, 3.63) is 69.8 Å². The summed E-state index contributed by atoms with van der Waals surface area (Å²) in [4.78, 5) is 0. The van der Waals surface area contributed by atoms with Crippen LogP contribution >= 0.6 is 0 Å². The van der Waals surface area contributed by atoms with Crippen LogP contribution in [0.4, 0.5) is 0 Å². The molecule has 0 spiro atoms. The molecule has 0 amide bonds. The summed E-state index contributed by atoms with van der Waals surface area (Å²) in [5.74, 6) is 0. The molecule has 17 heavy (non-hydrogen) atoms. The standard InChI is InChI=1S/2C8H9.Ni/c2*1-2-5-8-6-3-4-7-8;/h2*2-3,6H,1,4-5H2;. The summed E-state index contributed by atoms with van der Waals surface area (Å²) in [5.41, 5.74) is 2.88. The van der Waals surface area contributed by atoms with Gasteiger partial charge in [-0.05, 0) is 0 Å². The second-order valence-electron chi connectivity index (χ2n) is 4.06. The van der Waals surface area contributed by atoms with Crippen molar-refractivity contribution in [2.24, 2.45) is 0 Å². The van der Waals surface area contributed by atoms with E-state index in [4.69, 9.17) is 0 Å². The zero-order chi connectivity index (χ0) is 12.1. The quantitative estimate of drug-likeness (QED) is 0.486. The van der Waals surface area contributed by atoms with Crippen LogP contribution in [0.5, 0.6) is 0 Å². The van der Waals surface area contributed by atoms with E-state index in [1.165, 1.54) is 20.2 Å². The van der Waals surface area contributed by atoms with E-state index in [-0.39, 0.29) is 0 Å². The predicted octanol–water partition coefficient (Wildman–Crippen LogP) is 4.65. The van der Waals surface area contributed by atoms with Gasteiger partial charge in [0.2, 0.25) is 0 Å². The summed E-state index contributed by atoms with van der Waals surface area (Å²) in [5, 5.41) is 0. The van der Waals surface area contributed by atoms with Gasteiger partial charge in [0.15, 0.2) is 0 Å². The Kier molecular flexibility index (Phi) is 4.39. The Labute approximate surface area is 110 Å². The second kappa shape index (κ2) is 6.03. The van der Waals surface area contributed by atoms with Crippen LogP contribution in [0.25, 0.3) is 0 Å². The molecule has 0 nitrogen and oxygen atoms in total. The van der Waals surface area contributed by atoms with Gasteiger partial charge in [-0.1, -0.05) is 0 Å². The van der Waals surface area contributed by atoms with Crippen molar-refractivity contribution in [1.29, 1.82) is 0 Å². The Morgan fingerprint density at radius 2 is 1.41 bits per heavy atom. The zero-order valence-electron chi connectivity index (χ0n) is 10.0. The molecule has 0 heterocycles. The van der Waals surface area contributed by atoms with Crippen LogP contribution in [0.3, 0.4) is 0 Å². The molecule has 0 N–H and O–H groups in total. The van der Waals surface area contributed by atoms with Gasteiger partial charge in [-0.2, -0.15) is 0 Å². The molecule has 0 aliphatic heterocycles. The fourth-order valence-electron chi connectivity index (χ4n) is 1.96. The maximum absolute atomic E-state index is 3.82. The molecular weight excluding hydrogens is 251 g/mol. The Morgan fingerprint density at radius 1 is 0.941 bits per heavy atom. The summed E-state index contributed by atoms with van der Waals surface area (Å²) in [6.07, 6.45) is 17.1. The van der Waals surface area contributed by atoms with Gasteiger partial charge in [-0.3, -0.25) is 0 Å². The third-order valence-corrected chi connectivity index (χ3v) is 4.42. The molecule has 0 radical (unpaired) electrons. The van der Waals surface area contributed by atoms with E-state index >= 15 is 0 Å². The van der Waals surface area contributed by atoms with Gasteiger partial charge in [-0.15, -0.1) is 0 Å². The van der Waals surface area contributed by atoms with Crippen molar-refractivity contribution in [2.45, 2.75) is 25.7 Å². The van der Waals surface area contributed by atoms with Crippen molar-refractivity contribution in [1.82, 2.24) is 0 Å². The second-order valence-corrected chi connectivity index (χ2v) is 5.50. The van der Waals surface area contributed by atoms with Crippen molar-refractivity contribution >= 4 is 0 Å². The van der Waals surface area contributed by atoms with Gasteiger partial charge in [0, 0.05) is 0 Å². The van der Waals surface area contributed by atoms with Crippen LogP contribution in [-0.4, -0.2) is 0 Å².